The molecule has 0 saturated heterocycles. The predicted molar refractivity (Wildman–Crippen MR) is 128 cm³/mol. The summed E-state index contributed by atoms with van der Waals surface area (Å²) in [6.45, 7) is 6.28. The van der Waals surface area contributed by atoms with E-state index in [0.717, 1.165) is 31.8 Å². The molecular weight excluding hydrogens is 392 g/mol. The number of nitrogens with one attached hydrogen (secondary N) is 2. The topological polar surface area (TPSA) is 41.1 Å². The van der Waals surface area contributed by atoms with Crippen LogP contribution in [0.15, 0.2) is 18.2 Å². The second-order valence-corrected chi connectivity index (χ2v) is 9.83. The smallest absolute Gasteiger partial charge is 0.252 e. The van der Waals surface area contributed by atoms with E-state index in [1.807, 2.05) is 12.1 Å². The molecule has 30 heavy (non-hydrogen) atoms. The Labute approximate surface area is 189 Å². The van der Waals surface area contributed by atoms with Gasteiger partial charge in [-0.1, -0.05) is 64.6 Å². The average Bonchev–Trinajstić information content (AvgIpc) is 2.73. The summed E-state index contributed by atoms with van der Waals surface area (Å²) in [5.41, 5.74) is 2.16. The molecule has 3 rings (SSSR count). The summed E-state index contributed by atoms with van der Waals surface area (Å²) in [4.78, 5) is 12.9. The second kappa shape index (κ2) is 12.1. The Morgan fingerprint density at radius 3 is 2.57 bits per heavy atom. The predicted octanol–water partition coefficient (Wildman–Crippen LogP) is 6.47. The normalized spacial score (nSPS) is 23.1. The third-order valence-corrected chi connectivity index (χ3v) is 7.65. The number of benzene rings is 1. The van der Waals surface area contributed by atoms with Crippen LogP contribution in [0.1, 0.15) is 94.0 Å². The van der Waals surface area contributed by atoms with Crippen molar-refractivity contribution in [3.8, 4) is 0 Å². The lowest BCUT2D eigenvalue weighted by atomic mass is 9.62. The van der Waals surface area contributed by atoms with Gasteiger partial charge in [-0.15, -0.1) is 0 Å². The molecule has 2 aliphatic rings. The van der Waals surface area contributed by atoms with Gasteiger partial charge in [0.25, 0.3) is 5.91 Å². The molecule has 2 fully saturated rings. The Morgan fingerprint density at radius 2 is 1.90 bits per heavy atom. The van der Waals surface area contributed by atoms with Gasteiger partial charge in [0.15, 0.2) is 0 Å². The van der Waals surface area contributed by atoms with Crippen LogP contribution in [0.2, 0.25) is 5.02 Å². The van der Waals surface area contributed by atoms with Crippen molar-refractivity contribution in [1.82, 2.24) is 10.6 Å². The minimum Gasteiger partial charge on any atom is -0.351 e. The van der Waals surface area contributed by atoms with Crippen molar-refractivity contribution in [2.45, 2.75) is 90.5 Å². The van der Waals surface area contributed by atoms with Crippen LogP contribution in [0.4, 0.5) is 0 Å². The molecule has 0 atom stereocenters. The molecule has 2 bridgehead atoms. The van der Waals surface area contributed by atoms with Crippen LogP contribution in [0.3, 0.4) is 0 Å². The third kappa shape index (κ3) is 6.72. The van der Waals surface area contributed by atoms with Gasteiger partial charge in [0.05, 0.1) is 10.6 Å². The molecular formula is C26H41ClN2O. The Kier molecular flexibility index (Phi) is 10.2. The lowest BCUT2D eigenvalue weighted by Gasteiger charge is -2.45. The summed E-state index contributed by atoms with van der Waals surface area (Å²) in [6, 6.07) is 6.55. The zero-order valence-corrected chi connectivity index (χ0v) is 19.8. The zero-order valence-electron chi connectivity index (χ0n) is 19.1. The van der Waals surface area contributed by atoms with Gasteiger partial charge in [-0.25, -0.2) is 0 Å². The Hall–Kier alpha value is -1.06. The molecule has 0 aromatic heterocycles. The SMILES string of the molecule is CCC(CC)NCCCc1ccc(Cl)c(C(=O)NCC23CCCC(CCC2)C3)c1.[CH2]. The first-order chi connectivity index (χ1) is 14.0. The first-order valence-electron chi connectivity index (χ1n) is 11.9. The van der Waals surface area contributed by atoms with E-state index < -0.39 is 0 Å². The maximum Gasteiger partial charge on any atom is 0.252 e. The number of fused-ring (bicyclic) bond motifs is 2. The van der Waals surface area contributed by atoms with E-state index in [-0.39, 0.29) is 13.3 Å². The third-order valence-electron chi connectivity index (χ3n) is 7.32. The van der Waals surface area contributed by atoms with Gasteiger partial charge in [-0.3, -0.25) is 4.79 Å². The molecule has 3 nitrogen and oxygen atoms in total. The van der Waals surface area contributed by atoms with Crippen molar-refractivity contribution < 1.29 is 4.79 Å². The number of carbonyl (C=O) groups excluding carboxylic acids is 1. The molecule has 2 aliphatic carbocycles. The molecule has 1 amide bonds. The van der Waals surface area contributed by atoms with Crippen LogP contribution in [0.5, 0.6) is 0 Å². The van der Waals surface area contributed by atoms with Crippen LogP contribution in [0, 0.1) is 18.8 Å². The molecule has 1 aromatic carbocycles. The van der Waals surface area contributed by atoms with Crippen molar-refractivity contribution in [1.29, 1.82) is 0 Å². The molecule has 0 aliphatic heterocycles. The van der Waals surface area contributed by atoms with Gasteiger partial charge in [0.2, 0.25) is 0 Å². The second-order valence-electron chi connectivity index (χ2n) is 9.42. The van der Waals surface area contributed by atoms with Crippen LogP contribution in [0.25, 0.3) is 0 Å². The minimum absolute atomic E-state index is 0. The number of hydrogen-bond donors (Lipinski definition) is 2. The summed E-state index contributed by atoms with van der Waals surface area (Å²) in [7, 11) is 0. The maximum absolute atomic E-state index is 12.9. The van der Waals surface area contributed by atoms with E-state index in [1.165, 1.54) is 63.4 Å². The van der Waals surface area contributed by atoms with E-state index in [9.17, 15) is 4.79 Å². The van der Waals surface area contributed by atoms with Gasteiger partial charge in [-0.2, -0.15) is 0 Å². The fraction of sp³-hybridized carbons (Fsp3) is 0.692. The number of carbonyl (C=O) groups is 1. The van der Waals surface area contributed by atoms with Gasteiger partial charge >= 0.3 is 0 Å². The molecule has 2 saturated carbocycles. The van der Waals surface area contributed by atoms with Crippen LogP contribution >= 0.6 is 11.6 Å². The molecule has 0 heterocycles. The highest BCUT2D eigenvalue weighted by molar-refractivity contribution is 6.33. The molecule has 2 N–H and O–H groups in total. The summed E-state index contributed by atoms with van der Waals surface area (Å²) < 4.78 is 0. The van der Waals surface area contributed by atoms with Gasteiger partial charge in [0.1, 0.15) is 0 Å². The standard InChI is InChI=1S/C25H39ClN2O.CH2/c1-3-21(4-2)27-15-7-10-19-11-12-23(26)22(16-19)24(29)28-18-25-13-5-8-20(17-25)9-6-14-25;/h11-12,16,20-21,27H,3-10,13-15,17-18H2,1-2H3,(H,28,29);1H2. The first kappa shape index (κ1) is 25.2. The van der Waals surface area contributed by atoms with Crippen LogP contribution in [-0.4, -0.2) is 25.0 Å². The summed E-state index contributed by atoms with van der Waals surface area (Å²) in [5, 5.41) is 7.41. The van der Waals surface area contributed by atoms with Crippen molar-refractivity contribution in [3.05, 3.63) is 41.8 Å². The highest BCUT2D eigenvalue weighted by Crippen LogP contribution is 2.48. The minimum atomic E-state index is -0.00548. The van der Waals surface area contributed by atoms with Crippen LogP contribution in [-0.2, 0) is 6.42 Å². The number of rotatable bonds is 10. The first-order valence-corrected chi connectivity index (χ1v) is 12.2. The number of hydrogen-bond acceptors (Lipinski definition) is 2. The van der Waals surface area contributed by atoms with Crippen molar-refractivity contribution >= 4 is 17.5 Å². The molecule has 0 unspecified atom stereocenters. The molecule has 168 valence electrons. The summed E-state index contributed by atoms with van der Waals surface area (Å²) in [5.74, 6) is 0.879. The Bertz CT molecular complexity index is 661. The van der Waals surface area contributed by atoms with E-state index in [1.54, 1.807) is 0 Å². The van der Waals surface area contributed by atoms with Gasteiger partial charge in [-0.05, 0) is 80.5 Å². The molecule has 0 spiro atoms. The highest BCUT2D eigenvalue weighted by atomic mass is 35.5. The molecule has 2 radical (unpaired) electrons. The fourth-order valence-corrected chi connectivity index (χ4v) is 5.71. The van der Waals surface area contributed by atoms with E-state index in [2.05, 4.69) is 30.5 Å². The maximum atomic E-state index is 12.9. The number of amides is 1. The zero-order chi connectivity index (χ0) is 20.7. The average molecular weight is 433 g/mol. The molecule has 4 heteroatoms. The highest BCUT2D eigenvalue weighted by Gasteiger charge is 2.39. The fourth-order valence-electron chi connectivity index (χ4n) is 5.51. The Morgan fingerprint density at radius 1 is 1.20 bits per heavy atom. The van der Waals surface area contributed by atoms with E-state index in [4.69, 9.17) is 11.6 Å². The van der Waals surface area contributed by atoms with Gasteiger partial charge in [0, 0.05) is 12.6 Å². The van der Waals surface area contributed by atoms with E-state index >= 15 is 0 Å². The Balaban J connectivity index is 0.00000320. The quantitative estimate of drug-likeness (QED) is 0.416. The van der Waals surface area contributed by atoms with Crippen molar-refractivity contribution in [2.24, 2.45) is 11.3 Å². The number of aryl methyl sites for hydroxylation is 1. The largest absolute Gasteiger partial charge is 0.351 e. The monoisotopic (exact) mass is 432 g/mol. The van der Waals surface area contributed by atoms with Crippen LogP contribution < -0.4 is 10.6 Å². The summed E-state index contributed by atoms with van der Waals surface area (Å²) >= 11 is 6.38. The lowest BCUT2D eigenvalue weighted by Crippen LogP contribution is -2.43. The van der Waals surface area contributed by atoms with Crippen molar-refractivity contribution in [2.75, 3.05) is 13.1 Å². The molecule has 1 aromatic rings. The summed E-state index contributed by atoms with van der Waals surface area (Å²) in [6.07, 6.45) is 13.6. The van der Waals surface area contributed by atoms with Gasteiger partial charge < -0.3 is 10.6 Å². The number of halogens is 1. The van der Waals surface area contributed by atoms with Crippen molar-refractivity contribution in [3.63, 3.8) is 0 Å². The lowest BCUT2D eigenvalue weighted by molar-refractivity contribution is 0.0682. The van der Waals surface area contributed by atoms with E-state index in [0.29, 0.717) is 22.0 Å².